The van der Waals surface area contributed by atoms with E-state index in [9.17, 15) is 8.42 Å². The maximum absolute atomic E-state index is 12.0. The maximum Gasteiger partial charge on any atom is 0.285 e. The van der Waals surface area contributed by atoms with Crippen molar-refractivity contribution in [2.24, 2.45) is 10.1 Å². The lowest BCUT2D eigenvalue weighted by atomic mass is 10.0. The number of hydrogen-bond acceptors (Lipinski definition) is 7. The molecule has 4 N–H and O–H groups in total. The first-order valence-electron chi connectivity index (χ1n) is 8.09. The molecule has 0 amide bonds. The minimum atomic E-state index is -3.72. The van der Waals surface area contributed by atoms with Crippen LogP contribution in [-0.4, -0.2) is 39.0 Å². The van der Waals surface area contributed by atoms with Crippen molar-refractivity contribution in [2.45, 2.75) is 23.6 Å². The van der Waals surface area contributed by atoms with E-state index in [1.165, 1.54) is 6.07 Å². The molecule has 9 heteroatoms. The molecule has 140 valence electrons. The Morgan fingerprint density at radius 3 is 2.65 bits per heavy atom. The number of benzene rings is 1. The van der Waals surface area contributed by atoms with Crippen LogP contribution in [0.1, 0.15) is 22.6 Å². The second-order valence-electron chi connectivity index (χ2n) is 6.41. The van der Waals surface area contributed by atoms with Gasteiger partial charge in [0.2, 0.25) is 0 Å². The van der Waals surface area contributed by atoms with Gasteiger partial charge in [-0.25, -0.2) is 0 Å². The zero-order chi connectivity index (χ0) is 18.9. The van der Waals surface area contributed by atoms with Crippen LogP contribution in [0.3, 0.4) is 0 Å². The third kappa shape index (κ3) is 4.05. The molecule has 1 aliphatic heterocycles. The molecule has 0 spiro atoms. The molecule has 1 aromatic carbocycles. The first-order chi connectivity index (χ1) is 12.3. The molecule has 0 radical (unpaired) electrons. The van der Waals surface area contributed by atoms with Crippen LogP contribution in [0.4, 0.5) is 5.69 Å². The number of nitrogens with two attached hydrogens (primary N) is 2. The number of aryl methyl sites for hydroxylation is 1. The fraction of sp³-hybridized carbons (Fsp3) is 0.353. The molecule has 0 saturated carbocycles. The van der Waals surface area contributed by atoms with E-state index in [2.05, 4.69) is 9.30 Å². The number of nitrogen functional groups attached to an aromatic ring is 1. The van der Waals surface area contributed by atoms with Crippen molar-refractivity contribution in [1.82, 2.24) is 4.90 Å². The number of thioether (sulfide) groups is 1. The second-order valence-corrected chi connectivity index (χ2v) is 9.09. The first kappa shape index (κ1) is 18.8. The topological polar surface area (TPSA) is 115 Å². The van der Waals surface area contributed by atoms with Gasteiger partial charge in [0.05, 0.1) is 12.3 Å². The number of fused-ring (bicyclic) bond motifs is 1. The van der Waals surface area contributed by atoms with Gasteiger partial charge in [0.1, 0.15) is 22.3 Å². The molecular formula is C17H22N4O3S2. The molecular weight excluding hydrogens is 372 g/mol. The molecule has 1 aromatic heterocycles. The van der Waals surface area contributed by atoms with E-state index in [4.69, 9.17) is 15.9 Å². The van der Waals surface area contributed by atoms with Gasteiger partial charge in [-0.15, -0.1) is 4.40 Å². The zero-order valence-electron chi connectivity index (χ0n) is 14.7. The largest absolute Gasteiger partial charge is 0.464 e. The SMILES string of the molecule is CN(C)Cc1ccc(CSCCc2cc(N)cc3c2C(N)=NS3(=O)=O)o1. The molecule has 2 aromatic rings. The Morgan fingerprint density at radius 1 is 1.19 bits per heavy atom. The molecule has 0 bridgehead atoms. The van der Waals surface area contributed by atoms with Gasteiger partial charge in [0.15, 0.2) is 0 Å². The van der Waals surface area contributed by atoms with Gasteiger partial charge < -0.3 is 20.8 Å². The van der Waals surface area contributed by atoms with Gasteiger partial charge in [-0.05, 0) is 56.1 Å². The number of nitrogens with zero attached hydrogens (tertiary/aromatic N) is 2. The quantitative estimate of drug-likeness (QED) is 0.543. The smallest absolute Gasteiger partial charge is 0.285 e. The molecule has 2 heterocycles. The number of furan rings is 1. The lowest BCUT2D eigenvalue weighted by Crippen LogP contribution is -2.14. The van der Waals surface area contributed by atoms with Crippen LogP contribution in [0.5, 0.6) is 0 Å². The molecule has 0 unspecified atom stereocenters. The van der Waals surface area contributed by atoms with Crippen LogP contribution in [0.25, 0.3) is 0 Å². The Hall–Kier alpha value is -1.97. The summed E-state index contributed by atoms with van der Waals surface area (Å²) in [5, 5.41) is 0. The lowest BCUT2D eigenvalue weighted by Gasteiger charge is -2.09. The van der Waals surface area contributed by atoms with Gasteiger partial charge in [-0.2, -0.15) is 20.2 Å². The maximum atomic E-state index is 12.0. The fourth-order valence-corrected chi connectivity index (χ4v) is 4.96. The van der Waals surface area contributed by atoms with Gasteiger partial charge in [0, 0.05) is 11.3 Å². The molecule has 0 saturated heterocycles. The number of anilines is 1. The highest BCUT2D eigenvalue weighted by molar-refractivity contribution is 7.98. The van der Waals surface area contributed by atoms with Crippen molar-refractivity contribution in [1.29, 1.82) is 0 Å². The Bertz CT molecular complexity index is 949. The normalized spacial score (nSPS) is 15.3. The van der Waals surface area contributed by atoms with Gasteiger partial charge >= 0.3 is 0 Å². The highest BCUT2D eigenvalue weighted by Crippen LogP contribution is 2.31. The highest BCUT2D eigenvalue weighted by atomic mass is 32.2. The van der Waals surface area contributed by atoms with Crippen LogP contribution in [0, 0.1) is 0 Å². The Balaban J connectivity index is 1.63. The van der Waals surface area contributed by atoms with Crippen molar-refractivity contribution in [3.63, 3.8) is 0 Å². The Labute approximate surface area is 157 Å². The third-order valence-electron chi connectivity index (χ3n) is 3.91. The van der Waals surface area contributed by atoms with E-state index >= 15 is 0 Å². The van der Waals surface area contributed by atoms with Gasteiger partial charge in [0.25, 0.3) is 10.0 Å². The minimum Gasteiger partial charge on any atom is -0.464 e. The van der Waals surface area contributed by atoms with Gasteiger partial charge in [-0.1, -0.05) is 0 Å². The third-order valence-corrected chi connectivity index (χ3v) is 6.20. The second kappa shape index (κ2) is 7.34. The summed E-state index contributed by atoms with van der Waals surface area (Å²) < 4.78 is 33.4. The molecule has 26 heavy (non-hydrogen) atoms. The number of amidine groups is 1. The Morgan fingerprint density at radius 2 is 1.92 bits per heavy atom. The number of sulfonamides is 1. The highest BCUT2D eigenvalue weighted by Gasteiger charge is 2.30. The van der Waals surface area contributed by atoms with Crippen LogP contribution in [-0.2, 0) is 28.7 Å². The van der Waals surface area contributed by atoms with Crippen LogP contribution in [0.2, 0.25) is 0 Å². The minimum absolute atomic E-state index is 0.0411. The molecule has 3 rings (SSSR count). The van der Waals surface area contributed by atoms with Crippen molar-refractivity contribution < 1.29 is 12.8 Å². The van der Waals surface area contributed by atoms with Crippen molar-refractivity contribution in [2.75, 3.05) is 25.6 Å². The summed E-state index contributed by atoms with van der Waals surface area (Å²) in [6.07, 6.45) is 0.648. The van der Waals surface area contributed by atoms with E-state index in [1.54, 1.807) is 17.8 Å². The number of hydrogen-bond donors (Lipinski definition) is 2. The molecule has 0 fully saturated rings. The summed E-state index contributed by atoms with van der Waals surface area (Å²) in [4.78, 5) is 2.16. The average Bonchev–Trinajstić information content (AvgIpc) is 3.05. The van der Waals surface area contributed by atoms with Crippen molar-refractivity contribution in [3.8, 4) is 0 Å². The molecule has 1 aliphatic rings. The lowest BCUT2D eigenvalue weighted by molar-refractivity contribution is 0.344. The predicted octanol–water partition coefficient (Wildman–Crippen LogP) is 1.81. The summed E-state index contributed by atoms with van der Waals surface area (Å²) in [6.45, 7) is 0.771. The van der Waals surface area contributed by atoms with E-state index < -0.39 is 10.0 Å². The van der Waals surface area contributed by atoms with Crippen LogP contribution < -0.4 is 11.5 Å². The Kier molecular flexibility index (Phi) is 5.31. The predicted molar refractivity (Wildman–Crippen MR) is 105 cm³/mol. The summed E-state index contributed by atoms with van der Waals surface area (Å²) in [5.74, 6) is 3.44. The average molecular weight is 395 g/mol. The molecule has 0 atom stereocenters. The summed E-state index contributed by atoms with van der Waals surface area (Å²) in [6, 6.07) is 7.16. The van der Waals surface area contributed by atoms with E-state index in [1.807, 2.05) is 26.2 Å². The summed E-state index contributed by atoms with van der Waals surface area (Å²) >= 11 is 1.71. The first-order valence-corrected chi connectivity index (χ1v) is 10.7. The monoisotopic (exact) mass is 394 g/mol. The van der Waals surface area contributed by atoms with Crippen LogP contribution >= 0.6 is 11.8 Å². The number of rotatable bonds is 7. The fourth-order valence-electron chi connectivity index (χ4n) is 2.86. The zero-order valence-corrected chi connectivity index (χ0v) is 16.4. The summed E-state index contributed by atoms with van der Waals surface area (Å²) in [5.41, 5.74) is 13.4. The molecule has 0 aliphatic carbocycles. The van der Waals surface area contributed by atoms with Crippen molar-refractivity contribution in [3.05, 3.63) is 46.9 Å². The van der Waals surface area contributed by atoms with Gasteiger partial charge in [-0.3, -0.25) is 0 Å². The van der Waals surface area contributed by atoms with Crippen molar-refractivity contribution >= 4 is 33.3 Å². The van der Waals surface area contributed by atoms with Crippen LogP contribution in [0.15, 0.2) is 38.0 Å². The van der Waals surface area contributed by atoms with E-state index in [0.29, 0.717) is 17.7 Å². The molecule has 7 nitrogen and oxygen atoms in total. The van der Waals surface area contributed by atoms with E-state index in [0.717, 1.165) is 35.1 Å². The summed E-state index contributed by atoms with van der Waals surface area (Å²) in [7, 11) is 0.269. The standard InChI is InChI=1S/C17H22N4O3S2/c1-21(2)9-13-3-4-14(24-13)10-25-6-5-11-7-12(18)8-15-16(11)17(19)20-26(15,22)23/h3-4,7-8H,5-6,9-10,18H2,1-2H3,(H2,19,20). The van der Waals surface area contributed by atoms with E-state index in [-0.39, 0.29) is 10.7 Å².